The van der Waals surface area contributed by atoms with Crippen LogP contribution in [0.25, 0.3) is 0 Å². The number of hydrogen-bond acceptors (Lipinski definition) is 2. The molecule has 0 unspecified atom stereocenters. The number of anilines is 1. The largest absolute Gasteiger partial charge is 0.321 e. The predicted molar refractivity (Wildman–Crippen MR) is 51.0 cm³/mol. The number of hydrazine groups is 1. The highest BCUT2D eigenvalue weighted by Gasteiger charge is 2.10. The zero-order valence-corrected chi connectivity index (χ0v) is 7.52. The molecular weight excluding hydrogens is 148 g/mol. The average molecular weight is 162 g/mol. The smallest absolute Gasteiger partial charge is 0.0536 e. The van der Waals surface area contributed by atoms with Crippen molar-refractivity contribution in [3.63, 3.8) is 0 Å². The van der Waals surface area contributed by atoms with E-state index in [0.717, 1.165) is 6.54 Å². The number of fused-ring (bicyclic) bond motifs is 1. The summed E-state index contributed by atoms with van der Waals surface area (Å²) in [5.74, 6) is 0.609. The van der Waals surface area contributed by atoms with E-state index in [2.05, 4.69) is 42.9 Å². The van der Waals surface area contributed by atoms with Gasteiger partial charge in [0.1, 0.15) is 0 Å². The van der Waals surface area contributed by atoms with Gasteiger partial charge in [-0.05, 0) is 23.1 Å². The second-order valence-corrected chi connectivity index (χ2v) is 3.55. The molecular formula is C10H14N2. The van der Waals surface area contributed by atoms with Crippen LogP contribution in [0, 0.1) is 0 Å². The molecule has 0 aromatic heterocycles. The zero-order valence-electron chi connectivity index (χ0n) is 7.52. The first-order valence-electron chi connectivity index (χ1n) is 4.39. The lowest BCUT2D eigenvalue weighted by Gasteiger charge is -2.06. The van der Waals surface area contributed by atoms with Crippen LogP contribution < -0.4 is 10.9 Å². The van der Waals surface area contributed by atoms with Crippen molar-refractivity contribution >= 4 is 5.69 Å². The molecule has 2 heteroatoms. The maximum atomic E-state index is 3.15. The monoisotopic (exact) mass is 162 g/mol. The lowest BCUT2D eigenvalue weighted by Crippen LogP contribution is -2.10. The van der Waals surface area contributed by atoms with Crippen LogP contribution in [0.5, 0.6) is 0 Å². The first-order valence-corrected chi connectivity index (χ1v) is 4.39. The Morgan fingerprint density at radius 3 is 2.92 bits per heavy atom. The first-order chi connectivity index (χ1) is 5.77. The standard InChI is InChI=1S/C10H14N2/c1-7(2)8-3-4-9-6-11-12-10(9)5-8/h3-5,7,11-12H,6H2,1-2H3. The van der Waals surface area contributed by atoms with E-state index in [1.807, 2.05) is 0 Å². The number of hydrogen-bond donors (Lipinski definition) is 2. The zero-order chi connectivity index (χ0) is 8.55. The fraction of sp³-hybridized carbons (Fsp3) is 0.400. The second kappa shape index (κ2) is 2.79. The summed E-state index contributed by atoms with van der Waals surface area (Å²) >= 11 is 0. The topological polar surface area (TPSA) is 24.1 Å². The van der Waals surface area contributed by atoms with Crippen molar-refractivity contribution in [1.82, 2.24) is 5.43 Å². The van der Waals surface area contributed by atoms with Gasteiger partial charge in [-0.1, -0.05) is 26.0 Å². The number of benzene rings is 1. The van der Waals surface area contributed by atoms with Crippen molar-refractivity contribution in [2.24, 2.45) is 0 Å². The van der Waals surface area contributed by atoms with Gasteiger partial charge in [0.25, 0.3) is 0 Å². The van der Waals surface area contributed by atoms with Crippen LogP contribution in [0.15, 0.2) is 18.2 Å². The molecule has 2 N–H and O–H groups in total. The van der Waals surface area contributed by atoms with Crippen LogP contribution in [-0.4, -0.2) is 0 Å². The maximum absolute atomic E-state index is 3.15. The van der Waals surface area contributed by atoms with E-state index in [1.54, 1.807) is 0 Å². The molecule has 0 saturated heterocycles. The van der Waals surface area contributed by atoms with Crippen molar-refractivity contribution in [2.75, 3.05) is 5.43 Å². The van der Waals surface area contributed by atoms with Crippen molar-refractivity contribution in [2.45, 2.75) is 26.3 Å². The Morgan fingerprint density at radius 2 is 2.17 bits per heavy atom. The molecule has 1 aromatic rings. The van der Waals surface area contributed by atoms with Crippen LogP contribution in [-0.2, 0) is 6.54 Å². The Morgan fingerprint density at radius 1 is 1.33 bits per heavy atom. The van der Waals surface area contributed by atoms with Crippen molar-refractivity contribution in [3.05, 3.63) is 29.3 Å². The Hall–Kier alpha value is -1.02. The van der Waals surface area contributed by atoms with E-state index in [9.17, 15) is 0 Å². The lowest BCUT2D eigenvalue weighted by molar-refractivity contribution is 0.859. The van der Waals surface area contributed by atoms with Gasteiger partial charge in [0.15, 0.2) is 0 Å². The van der Waals surface area contributed by atoms with Gasteiger partial charge >= 0.3 is 0 Å². The van der Waals surface area contributed by atoms with Gasteiger partial charge in [0, 0.05) is 6.54 Å². The average Bonchev–Trinajstić information content (AvgIpc) is 2.49. The van der Waals surface area contributed by atoms with Crippen LogP contribution >= 0.6 is 0 Å². The van der Waals surface area contributed by atoms with E-state index < -0.39 is 0 Å². The van der Waals surface area contributed by atoms with E-state index >= 15 is 0 Å². The summed E-state index contributed by atoms with van der Waals surface area (Å²) in [5.41, 5.74) is 10.2. The van der Waals surface area contributed by atoms with Crippen LogP contribution in [0.3, 0.4) is 0 Å². The molecule has 0 radical (unpaired) electrons. The number of rotatable bonds is 1. The molecule has 0 atom stereocenters. The fourth-order valence-electron chi connectivity index (χ4n) is 1.46. The Balaban J connectivity index is 2.39. The van der Waals surface area contributed by atoms with Crippen molar-refractivity contribution < 1.29 is 0 Å². The van der Waals surface area contributed by atoms with Crippen LogP contribution in [0.2, 0.25) is 0 Å². The molecule has 2 rings (SSSR count). The molecule has 0 aliphatic carbocycles. The third-order valence-electron chi connectivity index (χ3n) is 2.30. The normalized spacial score (nSPS) is 14.6. The van der Waals surface area contributed by atoms with Crippen LogP contribution in [0.4, 0.5) is 5.69 Å². The summed E-state index contributed by atoms with van der Waals surface area (Å²) < 4.78 is 0. The van der Waals surface area contributed by atoms with Crippen molar-refractivity contribution in [3.8, 4) is 0 Å². The molecule has 1 aliphatic heterocycles. The maximum Gasteiger partial charge on any atom is 0.0536 e. The Labute approximate surface area is 73.0 Å². The number of nitrogens with one attached hydrogen (secondary N) is 2. The molecule has 64 valence electrons. The Bertz CT molecular complexity index is 292. The lowest BCUT2D eigenvalue weighted by atomic mass is 10.0. The molecule has 0 bridgehead atoms. The van der Waals surface area contributed by atoms with Gasteiger partial charge in [-0.25, -0.2) is 5.43 Å². The third-order valence-corrected chi connectivity index (χ3v) is 2.30. The molecule has 0 fully saturated rings. The molecule has 1 aromatic carbocycles. The highest BCUT2D eigenvalue weighted by atomic mass is 15.4. The van der Waals surface area contributed by atoms with Gasteiger partial charge < -0.3 is 5.43 Å². The van der Waals surface area contributed by atoms with E-state index in [4.69, 9.17) is 0 Å². The van der Waals surface area contributed by atoms with E-state index in [1.165, 1.54) is 16.8 Å². The summed E-state index contributed by atoms with van der Waals surface area (Å²) in [6.07, 6.45) is 0. The first kappa shape index (κ1) is 7.62. The molecule has 1 heterocycles. The highest BCUT2D eigenvalue weighted by Crippen LogP contribution is 2.24. The minimum absolute atomic E-state index is 0.609. The fourth-order valence-corrected chi connectivity index (χ4v) is 1.46. The summed E-state index contributed by atoms with van der Waals surface area (Å²) in [7, 11) is 0. The minimum Gasteiger partial charge on any atom is -0.321 e. The van der Waals surface area contributed by atoms with E-state index in [0.29, 0.717) is 5.92 Å². The van der Waals surface area contributed by atoms with Gasteiger partial charge in [-0.15, -0.1) is 0 Å². The van der Waals surface area contributed by atoms with Gasteiger partial charge in [-0.2, -0.15) is 0 Å². The molecule has 0 saturated carbocycles. The highest BCUT2D eigenvalue weighted by molar-refractivity contribution is 5.55. The summed E-state index contributed by atoms with van der Waals surface area (Å²) in [4.78, 5) is 0. The molecule has 12 heavy (non-hydrogen) atoms. The second-order valence-electron chi connectivity index (χ2n) is 3.55. The van der Waals surface area contributed by atoms with Gasteiger partial charge in [-0.3, -0.25) is 0 Å². The van der Waals surface area contributed by atoms with Gasteiger partial charge in [0.05, 0.1) is 5.69 Å². The summed E-state index contributed by atoms with van der Waals surface area (Å²) in [6, 6.07) is 6.62. The van der Waals surface area contributed by atoms with E-state index in [-0.39, 0.29) is 0 Å². The Kier molecular flexibility index (Phi) is 1.77. The minimum atomic E-state index is 0.609. The third kappa shape index (κ3) is 1.18. The molecule has 2 nitrogen and oxygen atoms in total. The molecule has 1 aliphatic rings. The molecule has 0 spiro atoms. The quantitative estimate of drug-likeness (QED) is 0.661. The summed E-state index contributed by atoms with van der Waals surface area (Å²) in [6.45, 7) is 5.36. The predicted octanol–water partition coefficient (Wildman–Crippen LogP) is 2.24. The van der Waals surface area contributed by atoms with Crippen molar-refractivity contribution in [1.29, 1.82) is 0 Å². The SMILES string of the molecule is CC(C)c1ccc2c(c1)NNC2. The molecule has 0 amide bonds. The van der Waals surface area contributed by atoms with Crippen LogP contribution in [0.1, 0.15) is 30.9 Å². The van der Waals surface area contributed by atoms with Gasteiger partial charge in [0.2, 0.25) is 0 Å². The summed E-state index contributed by atoms with van der Waals surface area (Å²) in [5, 5.41) is 0.